The zero-order chi connectivity index (χ0) is 13.8. The summed E-state index contributed by atoms with van der Waals surface area (Å²) in [6.45, 7) is 6.35. The highest BCUT2D eigenvalue weighted by Gasteiger charge is 2.19. The Balaban J connectivity index is 1.94. The Morgan fingerprint density at radius 3 is 3.05 bits per heavy atom. The van der Waals surface area contributed by atoms with Crippen LogP contribution < -0.4 is 11.3 Å². The first-order valence-corrected chi connectivity index (χ1v) is 7.64. The van der Waals surface area contributed by atoms with Crippen LogP contribution in [0.3, 0.4) is 0 Å². The summed E-state index contributed by atoms with van der Waals surface area (Å²) < 4.78 is 0. The third-order valence-electron chi connectivity index (χ3n) is 3.73. The van der Waals surface area contributed by atoms with Gasteiger partial charge < -0.3 is 4.90 Å². The molecule has 0 radical (unpaired) electrons. The first kappa shape index (κ1) is 14.4. The lowest BCUT2D eigenvalue weighted by molar-refractivity contribution is 0.0957. The highest BCUT2D eigenvalue weighted by Crippen LogP contribution is 2.20. The van der Waals surface area contributed by atoms with E-state index < -0.39 is 0 Å². The normalized spacial score (nSPS) is 20.5. The van der Waals surface area contributed by atoms with Crippen molar-refractivity contribution in [3.63, 3.8) is 0 Å². The molecule has 0 saturated carbocycles. The number of hydrazine groups is 1. The Morgan fingerprint density at radius 2 is 2.37 bits per heavy atom. The number of rotatable bonds is 4. The monoisotopic (exact) mass is 282 g/mol. The third kappa shape index (κ3) is 3.52. The number of hydrogen-bond donors (Lipinski definition) is 2. The molecule has 2 heterocycles. The zero-order valence-corrected chi connectivity index (χ0v) is 12.4. The predicted molar refractivity (Wildman–Crippen MR) is 77.1 cm³/mol. The van der Waals surface area contributed by atoms with Crippen LogP contribution in [0, 0.1) is 6.92 Å². The standard InChI is InChI=1S/C13H22N4OS/c1-9-5-3-4-7-17(9)8-6-11-15-10(2)12(19-11)13(18)16-14/h9H,3-8,14H2,1-2H3,(H,16,18). The number of hydrogen-bond acceptors (Lipinski definition) is 5. The van der Waals surface area contributed by atoms with E-state index >= 15 is 0 Å². The fraction of sp³-hybridized carbons (Fsp3) is 0.692. The molecule has 1 fully saturated rings. The molecule has 1 aromatic heterocycles. The fourth-order valence-electron chi connectivity index (χ4n) is 2.56. The number of nitrogen functional groups attached to an aromatic ring is 1. The SMILES string of the molecule is Cc1nc(CCN2CCCCC2C)sc1C(=O)NN. The van der Waals surface area contributed by atoms with E-state index in [-0.39, 0.29) is 5.91 Å². The van der Waals surface area contributed by atoms with Gasteiger partial charge in [0.25, 0.3) is 5.91 Å². The van der Waals surface area contributed by atoms with Crippen LogP contribution in [-0.2, 0) is 6.42 Å². The molecule has 1 aliphatic rings. The van der Waals surface area contributed by atoms with Crippen LogP contribution >= 0.6 is 11.3 Å². The van der Waals surface area contributed by atoms with Gasteiger partial charge in [0.15, 0.2) is 0 Å². The van der Waals surface area contributed by atoms with E-state index in [1.165, 1.54) is 37.1 Å². The Morgan fingerprint density at radius 1 is 1.58 bits per heavy atom. The summed E-state index contributed by atoms with van der Waals surface area (Å²) in [5.74, 6) is 4.92. The lowest BCUT2D eigenvalue weighted by Gasteiger charge is -2.32. The lowest BCUT2D eigenvalue weighted by Crippen LogP contribution is -2.38. The summed E-state index contributed by atoms with van der Waals surface area (Å²) in [5.41, 5.74) is 2.94. The number of carbonyl (C=O) groups excluding carboxylic acids is 1. The second-order valence-electron chi connectivity index (χ2n) is 5.13. The van der Waals surface area contributed by atoms with Gasteiger partial charge in [0.05, 0.1) is 10.7 Å². The molecule has 1 aromatic rings. The highest BCUT2D eigenvalue weighted by atomic mass is 32.1. The molecule has 2 rings (SSSR count). The molecule has 0 aromatic carbocycles. The molecule has 106 valence electrons. The zero-order valence-electron chi connectivity index (χ0n) is 11.6. The van der Waals surface area contributed by atoms with Crippen LogP contribution in [0.2, 0.25) is 0 Å². The number of amides is 1. The van der Waals surface area contributed by atoms with Gasteiger partial charge in [0.1, 0.15) is 4.88 Å². The van der Waals surface area contributed by atoms with Crippen molar-refractivity contribution >= 4 is 17.2 Å². The van der Waals surface area contributed by atoms with Crippen LogP contribution in [-0.4, -0.2) is 34.9 Å². The average molecular weight is 282 g/mol. The Kier molecular flexibility index (Phi) is 4.90. The second-order valence-corrected chi connectivity index (χ2v) is 6.21. The molecule has 0 spiro atoms. The summed E-state index contributed by atoms with van der Waals surface area (Å²) >= 11 is 1.45. The van der Waals surface area contributed by atoms with Crippen molar-refractivity contribution in [2.75, 3.05) is 13.1 Å². The molecule has 0 bridgehead atoms. The van der Waals surface area contributed by atoms with Crippen LogP contribution in [0.1, 0.15) is 46.6 Å². The number of piperidine rings is 1. The summed E-state index contributed by atoms with van der Waals surface area (Å²) in [6.07, 6.45) is 4.84. The molecule has 1 atom stereocenters. The summed E-state index contributed by atoms with van der Waals surface area (Å²) in [6, 6.07) is 0.668. The molecule has 5 nitrogen and oxygen atoms in total. The average Bonchev–Trinajstić information content (AvgIpc) is 2.78. The van der Waals surface area contributed by atoms with Crippen molar-refractivity contribution < 1.29 is 4.79 Å². The van der Waals surface area contributed by atoms with Crippen molar-refractivity contribution in [1.82, 2.24) is 15.3 Å². The van der Waals surface area contributed by atoms with Crippen LogP contribution in [0.5, 0.6) is 0 Å². The van der Waals surface area contributed by atoms with Gasteiger partial charge in [-0.05, 0) is 33.2 Å². The van der Waals surface area contributed by atoms with Gasteiger partial charge in [-0.25, -0.2) is 10.8 Å². The largest absolute Gasteiger partial charge is 0.300 e. The number of aromatic nitrogens is 1. The maximum atomic E-state index is 11.5. The minimum Gasteiger partial charge on any atom is -0.300 e. The smallest absolute Gasteiger partial charge is 0.277 e. The molecule has 1 unspecified atom stereocenters. The summed E-state index contributed by atoms with van der Waals surface area (Å²) in [4.78, 5) is 19.1. The van der Waals surface area contributed by atoms with E-state index in [0.29, 0.717) is 10.9 Å². The first-order valence-electron chi connectivity index (χ1n) is 6.83. The maximum Gasteiger partial charge on any atom is 0.277 e. The van der Waals surface area contributed by atoms with Crippen molar-refractivity contribution in [3.8, 4) is 0 Å². The minimum atomic E-state index is -0.243. The first-order chi connectivity index (χ1) is 9.11. The Hall–Kier alpha value is -0.980. The third-order valence-corrected chi connectivity index (χ3v) is 4.95. The van der Waals surface area contributed by atoms with E-state index in [4.69, 9.17) is 5.84 Å². The van der Waals surface area contributed by atoms with Gasteiger partial charge in [-0.15, -0.1) is 11.3 Å². The quantitative estimate of drug-likeness (QED) is 0.498. The van der Waals surface area contributed by atoms with Gasteiger partial charge in [0.2, 0.25) is 0 Å². The van der Waals surface area contributed by atoms with Gasteiger partial charge in [-0.2, -0.15) is 0 Å². The van der Waals surface area contributed by atoms with Gasteiger partial charge >= 0.3 is 0 Å². The van der Waals surface area contributed by atoms with Gasteiger partial charge in [-0.1, -0.05) is 6.42 Å². The molecule has 1 aliphatic heterocycles. The van der Waals surface area contributed by atoms with Crippen molar-refractivity contribution in [1.29, 1.82) is 0 Å². The van der Waals surface area contributed by atoms with E-state index in [2.05, 4.69) is 22.2 Å². The number of nitrogens with one attached hydrogen (secondary N) is 1. The topological polar surface area (TPSA) is 71.2 Å². The summed E-state index contributed by atoms with van der Waals surface area (Å²) in [5, 5.41) is 1.02. The molecule has 1 saturated heterocycles. The number of likely N-dealkylation sites (tertiary alicyclic amines) is 1. The predicted octanol–water partition coefficient (Wildman–Crippen LogP) is 1.47. The number of aryl methyl sites for hydroxylation is 1. The van der Waals surface area contributed by atoms with Gasteiger partial charge in [-0.3, -0.25) is 10.2 Å². The fourth-order valence-corrected chi connectivity index (χ4v) is 3.52. The van der Waals surface area contributed by atoms with Crippen LogP contribution in [0.4, 0.5) is 0 Å². The molecule has 6 heteroatoms. The minimum absolute atomic E-state index is 0.243. The van der Waals surface area contributed by atoms with E-state index in [9.17, 15) is 4.79 Å². The lowest BCUT2D eigenvalue weighted by atomic mass is 10.0. The highest BCUT2D eigenvalue weighted by molar-refractivity contribution is 7.13. The van der Waals surface area contributed by atoms with E-state index in [0.717, 1.165) is 23.7 Å². The van der Waals surface area contributed by atoms with Crippen LogP contribution in [0.15, 0.2) is 0 Å². The molecule has 1 amide bonds. The van der Waals surface area contributed by atoms with E-state index in [1.807, 2.05) is 6.92 Å². The molecule has 0 aliphatic carbocycles. The Labute approximate surface area is 118 Å². The number of nitrogens with zero attached hydrogens (tertiary/aromatic N) is 2. The molecule has 3 N–H and O–H groups in total. The number of carbonyl (C=O) groups is 1. The molecular weight excluding hydrogens is 260 g/mol. The number of thiazole rings is 1. The summed E-state index contributed by atoms with van der Waals surface area (Å²) in [7, 11) is 0. The van der Waals surface area contributed by atoms with Crippen molar-refractivity contribution in [2.45, 2.75) is 45.6 Å². The second kappa shape index (κ2) is 6.45. The van der Waals surface area contributed by atoms with Crippen molar-refractivity contribution in [2.24, 2.45) is 5.84 Å². The van der Waals surface area contributed by atoms with Crippen molar-refractivity contribution in [3.05, 3.63) is 15.6 Å². The Bertz CT molecular complexity index is 446. The molecular formula is C13H22N4OS. The molecule has 19 heavy (non-hydrogen) atoms. The van der Waals surface area contributed by atoms with E-state index in [1.54, 1.807) is 0 Å². The van der Waals surface area contributed by atoms with Gasteiger partial charge in [0, 0.05) is 19.0 Å². The van der Waals surface area contributed by atoms with Crippen LogP contribution in [0.25, 0.3) is 0 Å². The number of nitrogens with two attached hydrogens (primary N) is 1. The maximum absolute atomic E-state index is 11.5.